The lowest BCUT2D eigenvalue weighted by Crippen LogP contribution is -2.36. The van der Waals surface area contributed by atoms with Crippen LogP contribution in [0.25, 0.3) is 0 Å². The Morgan fingerprint density at radius 2 is 1.79 bits per heavy atom. The molecule has 6 heteroatoms. The van der Waals surface area contributed by atoms with Crippen molar-refractivity contribution < 1.29 is 14.3 Å². The summed E-state index contributed by atoms with van der Waals surface area (Å²) in [5, 5.41) is 3.35. The van der Waals surface area contributed by atoms with Gasteiger partial charge >= 0.3 is 5.97 Å². The molecule has 0 heterocycles. The Morgan fingerprint density at radius 1 is 1.08 bits per heavy atom. The Labute approximate surface area is 150 Å². The van der Waals surface area contributed by atoms with Crippen molar-refractivity contribution in [2.45, 2.75) is 19.4 Å². The van der Waals surface area contributed by atoms with Gasteiger partial charge in [0.1, 0.15) is 0 Å². The molecule has 0 bridgehead atoms. The van der Waals surface area contributed by atoms with Crippen molar-refractivity contribution in [2.24, 2.45) is 0 Å². The largest absolute Gasteiger partial charge is 0.449 e. The molecule has 2 aromatic carbocycles. The van der Waals surface area contributed by atoms with Gasteiger partial charge in [0.15, 0.2) is 6.10 Å². The second-order valence-corrected chi connectivity index (χ2v) is 6.02. The van der Waals surface area contributed by atoms with Crippen molar-refractivity contribution in [3.63, 3.8) is 0 Å². The number of nitrogens with one attached hydrogen (secondary N) is 1. The van der Waals surface area contributed by atoms with E-state index in [0.29, 0.717) is 18.0 Å². The maximum absolute atomic E-state index is 12.0. The Bertz CT molecular complexity index is 719. The fourth-order valence-corrected chi connectivity index (χ4v) is 2.32. The van der Waals surface area contributed by atoms with E-state index in [-0.39, 0.29) is 16.5 Å². The van der Waals surface area contributed by atoms with Gasteiger partial charge in [0.05, 0.1) is 15.6 Å². The summed E-state index contributed by atoms with van der Waals surface area (Å²) < 4.78 is 5.14. The summed E-state index contributed by atoms with van der Waals surface area (Å²) in [4.78, 5) is 24.0. The first-order chi connectivity index (χ1) is 11.5. The van der Waals surface area contributed by atoms with Crippen molar-refractivity contribution in [3.05, 3.63) is 69.7 Å². The molecule has 1 amide bonds. The van der Waals surface area contributed by atoms with E-state index in [2.05, 4.69) is 5.32 Å². The highest BCUT2D eigenvalue weighted by Crippen LogP contribution is 2.23. The molecular weight excluding hydrogens is 349 g/mol. The monoisotopic (exact) mass is 365 g/mol. The number of carbonyl (C=O) groups is 2. The zero-order valence-electron chi connectivity index (χ0n) is 13.1. The van der Waals surface area contributed by atoms with Crippen LogP contribution in [-0.4, -0.2) is 24.5 Å². The van der Waals surface area contributed by atoms with E-state index < -0.39 is 12.1 Å². The van der Waals surface area contributed by atoms with Crippen LogP contribution in [0.4, 0.5) is 0 Å². The lowest BCUT2D eigenvalue weighted by Gasteiger charge is -2.13. The highest BCUT2D eigenvalue weighted by molar-refractivity contribution is 6.42. The minimum absolute atomic E-state index is 0.244. The smallest absolute Gasteiger partial charge is 0.338 e. The van der Waals surface area contributed by atoms with Crippen LogP contribution in [0.5, 0.6) is 0 Å². The van der Waals surface area contributed by atoms with Crippen LogP contribution < -0.4 is 5.32 Å². The summed E-state index contributed by atoms with van der Waals surface area (Å²) in [6.45, 7) is 1.99. The Morgan fingerprint density at radius 3 is 2.46 bits per heavy atom. The standard InChI is InChI=1S/C18H17Cl2NO3/c1-12(17(22)21-10-9-13-5-3-2-4-6-13)24-18(23)14-7-8-15(19)16(20)11-14/h2-8,11-12H,9-10H2,1H3,(H,21,22)/t12-/m0/s1. The molecule has 0 aliphatic rings. The summed E-state index contributed by atoms with van der Waals surface area (Å²) in [5.74, 6) is -0.974. The number of halogens is 2. The fraction of sp³-hybridized carbons (Fsp3) is 0.222. The van der Waals surface area contributed by atoms with Gasteiger partial charge in [-0.2, -0.15) is 0 Å². The van der Waals surface area contributed by atoms with Crippen LogP contribution in [0.1, 0.15) is 22.8 Å². The minimum Gasteiger partial charge on any atom is -0.449 e. The maximum atomic E-state index is 12.0. The van der Waals surface area contributed by atoms with Crippen molar-refractivity contribution in [3.8, 4) is 0 Å². The average molecular weight is 366 g/mol. The normalized spacial score (nSPS) is 11.6. The van der Waals surface area contributed by atoms with E-state index in [1.807, 2.05) is 30.3 Å². The van der Waals surface area contributed by atoms with Crippen LogP contribution in [0.3, 0.4) is 0 Å². The fourth-order valence-electron chi connectivity index (χ4n) is 2.02. The zero-order chi connectivity index (χ0) is 17.5. The molecule has 0 fully saturated rings. The minimum atomic E-state index is -0.900. The summed E-state index contributed by atoms with van der Waals surface area (Å²) in [5.41, 5.74) is 1.37. The van der Waals surface area contributed by atoms with Gasteiger partial charge in [0.2, 0.25) is 0 Å². The molecule has 0 spiro atoms. The van der Waals surface area contributed by atoms with Crippen molar-refractivity contribution >= 4 is 35.1 Å². The van der Waals surface area contributed by atoms with Crippen LogP contribution in [0.2, 0.25) is 10.0 Å². The molecule has 4 nitrogen and oxygen atoms in total. The Kier molecular flexibility index (Phi) is 6.64. The summed E-state index contributed by atoms with van der Waals surface area (Å²) >= 11 is 11.7. The molecule has 2 aromatic rings. The molecule has 126 valence electrons. The van der Waals surface area contributed by atoms with E-state index >= 15 is 0 Å². The van der Waals surface area contributed by atoms with Crippen LogP contribution in [0, 0.1) is 0 Å². The van der Waals surface area contributed by atoms with Crippen LogP contribution >= 0.6 is 23.2 Å². The van der Waals surface area contributed by atoms with Gasteiger partial charge < -0.3 is 10.1 Å². The number of hydrogen-bond acceptors (Lipinski definition) is 3. The first-order valence-corrected chi connectivity index (χ1v) is 8.20. The quantitative estimate of drug-likeness (QED) is 0.789. The van der Waals surface area contributed by atoms with Gasteiger partial charge in [-0.3, -0.25) is 4.79 Å². The molecule has 1 N–H and O–H groups in total. The van der Waals surface area contributed by atoms with Crippen molar-refractivity contribution in [1.82, 2.24) is 5.32 Å². The first-order valence-electron chi connectivity index (χ1n) is 7.45. The van der Waals surface area contributed by atoms with Gasteiger partial charge in [-0.05, 0) is 37.1 Å². The highest BCUT2D eigenvalue weighted by atomic mass is 35.5. The third-order valence-corrected chi connectivity index (χ3v) is 4.10. The number of benzene rings is 2. The maximum Gasteiger partial charge on any atom is 0.338 e. The molecule has 0 radical (unpaired) electrons. The third-order valence-electron chi connectivity index (χ3n) is 3.36. The van der Waals surface area contributed by atoms with Crippen LogP contribution in [-0.2, 0) is 16.0 Å². The summed E-state index contributed by atoms with van der Waals surface area (Å²) in [6, 6.07) is 14.2. The van der Waals surface area contributed by atoms with Crippen LogP contribution in [0.15, 0.2) is 48.5 Å². The number of carbonyl (C=O) groups excluding carboxylic acids is 2. The molecule has 0 saturated carbocycles. The second kappa shape index (κ2) is 8.71. The van der Waals surface area contributed by atoms with Crippen molar-refractivity contribution in [1.29, 1.82) is 0 Å². The molecule has 0 unspecified atom stereocenters. The zero-order valence-corrected chi connectivity index (χ0v) is 14.6. The second-order valence-electron chi connectivity index (χ2n) is 5.20. The van der Waals surface area contributed by atoms with Gasteiger partial charge in [0, 0.05) is 6.54 Å². The predicted molar refractivity (Wildman–Crippen MR) is 94.5 cm³/mol. The predicted octanol–water partition coefficient (Wildman–Crippen LogP) is 3.90. The van der Waals surface area contributed by atoms with E-state index in [1.165, 1.54) is 25.1 Å². The number of ether oxygens (including phenoxy) is 1. The molecule has 2 rings (SSSR count). The SMILES string of the molecule is C[C@H](OC(=O)c1ccc(Cl)c(Cl)c1)C(=O)NCCc1ccccc1. The number of esters is 1. The number of hydrogen-bond donors (Lipinski definition) is 1. The Balaban J connectivity index is 1.82. The summed E-state index contributed by atoms with van der Waals surface area (Å²) in [6.07, 6.45) is -0.192. The third kappa shape index (κ3) is 5.25. The van der Waals surface area contributed by atoms with E-state index in [4.69, 9.17) is 27.9 Å². The van der Waals surface area contributed by atoms with Crippen molar-refractivity contribution in [2.75, 3.05) is 6.54 Å². The van der Waals surface area contributed by atoms with Gasteiger partial charge in [0.25, 0.3) is 5.91 Å². The number of rotatable bonds is 6. The van der Waals surface area contributed by atoms with E-state index in [9.17, 15) is 9.59 Å². The molecule has 1 atom stereocenters. The van der Waals surface area contributed by atoms with Gasteiger partial charge in [-0.25, -0.2) is 4.79 Å². The topological polar surface area (TPSA) is 55.4 Å². The van der Waals surface area contributed by atoms with Gasteiger partial charge in [-0.1, -0.05) is 53.5 Å². The van der Waals surface area contributed by atoms with Gasteiger partial charge in [-0.15, -0.1) is 0 Å². The molecule has 24 heavy (non-hydrogen) atoms. The summed E-state index contributed by atoms with van der Waals surface area (Å²) in [7, 11) is 0. The first kappa shape index (κ1) is 18.3. The molecule has 0 aliphatic carbocycles. The highest BCUT2D eigenvalue weighted by Gasteiger charge is 2.19. The lowest BCUT2D eigenvalue weighted by molar-refractivity contribution is -0.129. The Hall–Kier alpha value is -2.04. The lowest BCUT2D eigenvalue weighted by atomic mass is 10.1. The van der Waals surface area contributed by atoms with E-state index in [1.54, 1.807) is 0 Å². The average Bonchev–Trinajstić information content (AvgIpc) is 2.58. The van der Waals surface area contributed by atoms with E-state index in [0.717, 1.165) is 5.56 Å². The molecule has 0 saturated heterocycles. The molecule has 0 aliphatic heterocycles. The molecular formula is C18H17Cl2NO3. The number of amides is 1. The molecule has 0 aromatic heterocycles.